The molecule has 1 heterocycles. The van der Waals surface area contributed by atoms with Crippen molar-refractivity contribution in [3.05, 3.63) is 76.2 Å². The summed E-state index contributed by atoms with van der Waals surface area (Å²) in [7, 11) is 0. The largest absolute Gasteiger partial charge is 0.278 e. The van der Waals surface area contributed by atoms with Crippen molar-refractivity contribution in [2.75, 3.05) is 0 Å². The van der Waals surface area contributed by atoms with Crippen molar-refractivity contribution in [1.29, 1.82) is 0 Å². The number of carbonyl (C=O) groups is 1. The standard InChI is InChI=1S/C20H16ClFN2O/c21-15-10-8-13(9-11-15)20(25)24-19(14-4-3-5-16(22)12-14)17-6-1-2-7-18(17)23-24/h3-5,8-12H,1-2,6-7H2. The van der Waals surface area contributed by atoms with Crippen LogP contribution in [0.5, 0.6) is 0 Å². The van der Waals surface area contributed by atoms with E-state index in [1.54, 1.807) is 30.3 Å². The molecule has 1 aliphatic carbocycles. The molecule has 0 unspecified atom stereocenters. The van der Waals surface area contributed by atoms with E-state index in [0.717, 1.165) is 36.9 Å². The Morgan fingerprint density at radius 3 is 2.60 bits per heavy atom. The molecule has 0 N–H and O–H groups in total. The molecule has 0 bridgehead atoms. The molecule has 0 spiro atoms. The molecule has 0 saturated carbocycles. The molecular weight excluding hydrogens is 339 g/mol. The first-order valence-electron chi connectivity index (χ1n) is 8.30. The molecular formula is C20H16ClFN2O. The SMILES string of the molecule is O=C(c1ccc(Cl)cc1)n1nc2c(c1-c1cccc(F)c1)CCCC2. The van der Waals surface area contributed by atoms with E-state index in [1.807, 2.05) is 6.07 Å². The fraction of sp³-hybridized carbons (Fsp3) is 0.200. The molecule has 5 heteroatoms. The van der Waals surface area contributed by atoms with E-state index in [9.17, 15) is 9.18 Å². The van der Waals surface area contributed by atoms with Crippen LogP contribution in [0, 0.1) is 5.82 Å². The number of nitrogens with zero attached hydrogens (tertiary/aromatic N) is 2. The molecule has 0 atom stereocenters. The van der Waals surface area contributed by atoms with Gasteiger partial charge in [-0.05, 0) is 62.1 Å². The molecule has 1 aliphatic rings. The van der Waals surface area contributed by atoms with Gasteiger partial charge in [0.15, 0.2) is 0 Å². The third kappa shape index (κ3) is 2.98. The predicted octanol–water partition coefficient (Wildman–Crippen LogP) is 4.91. The summed E-state index contributed by atoms with van der Waals surface area (Å²) in [5.74, 6) is -0.556. The van der Waals surface area contributed by atoms with Gasteiger partial charge in [-0.2, -0.15) is 9.78 Å². The van der Waals surface area contributed by atoms with Gasteiger partial charge in [0.1, 0.15) is 5.82 Å². The highest BCUT2D eigenvalue weighted by atomic mass is 35.5. The van der Waals surface area contributed by atoms with E-state index in [4.69, 9.17) is 11.6 Å². The molecule has 3 nitrogen and oxygen atoms in total. The predicted molar refractivity (Wildman–Crippen MR) is 95.4 cm³/mol. The summed E-state index contributed by atoms with van der Waals surface area (Å²) >= 11 is 5.91. The Labute approximate surface area is 150 Å². The Bertz CT molecular complexity index is 947. The van der Waals surface area contributed by atoms with E-state index in [2.05, 4.69) is 5.10 Å². The molecule has 25 heavy (non-hydrogen) atoms. The van der Waals surface area contributed by atoms with Gasteiger partial charge in [0.25, 0.3) is 5.91 Å². The number of carbonyl (C=O) groups excluding carboxylic acids is 1. The zero-order valence-electron chi connectivity index (χ0n) is 13.5. The van der Waals surface area contributed by atoms with Crippen LogP contribution in [0.25, 0.3) is 11.3 Å². The van der Waals surface area contributed by atoms with Gasteiger partial charge >= 0.3 is 0 Å². The normalized spacial score (nSPS) is 13.5. The molecule has 2 aromatic carbocycles. The van der Waals surface area contributed by atoms with E-state index in [1.165, 1.54) is 16.8 Å². The van der Waals surface area contributed by atoms with Gasteiger partial charge < -0.3 is 0 Å². The van der Waals surface area contributed by atoms with Gasteiger partial charge in [0.2, 0.25) is 0 Å². The van der Waals surface area contributed by atoms with Gasteiger partial charge in [-0.3, -0.25) is 4.79 Å². The molecule has 0 radical (unpaired) electrons. The fourth-order valence-corrected chi connectivity index (χ4v) is 3.47. The van der Waals surface area contributed by atoms with Crippen LogP contribution in [-0.4, -0.2) is 15.7 Å². The van der Waals surface area contributed by atoms with E-state index in [-0.39, 0.29) is 11.7 Å². The average molecular weight is 355 g/mol. The lowest BCUT2D eigenvalue weighted by molar-refractivity contribution is 0.0946. The minimum Gasteiger partial charge on any atom is -0.267 e. The quantitative estimate of drug-likeness (QED) is 0.655. The van der Waals surface area contributed by atoms with Crippen molar-refractivity contribution < 1.29 is 9.18 Å². The zero-order chi connectivity index (χ0) is 17.4. The third-order valence-electron chi connectivity index (χ3n) is 4.54. The van der Waals surface area contributed by atoms with Gasteiger partial charge in [-0.25, -0.2) is 4.39 Å². The van der Waals surface area contributed by atoms with E-state index >= 15 is 0 Å². The van der Waals surface area contributed by atoms with Crippen LogP contribution in [0.4, 0.5) is 4.39 Å². The monoisotopic (exact) mass is 354 g/mol. The van der Waals surface area contributed by atoms with Gasteiger partial charge in [0, 0.05) is 21.7 Å². The second-order valence-corrected chi connectivity index (χ2v) is 6.65. The van der Waals surface area contributed by atoms with Crippen molar-refractivity contribution in [2.24, 2.45) is 0 Å². The molecule has 0 fully saturated rings. The van der Waals surface area contributed by atoms with Crippen LogP contribution in [0.3, 0.4) is 0 Å². The first kappa shape index (κ1) is 16.0. The third-order valence-corrected chi connectivity index (χ3v) is 4.79. The van der Waals surface area contributed by atoms with Crippen molar-refractivity contribution in [2.45, 2.75) is 25.7 Å². The number of fused-ring (bicyclic) bond motifs is 1. The first-order valence-corrected chi connectivity index (χ1v) is 8.68. The van der Waals surface area contributed by atoms with E-state index < -0.39 is 0 Å². The summed E-state index contributed by atoms with van der Waals surface area (Å²) in [5, 5.41) is 5.14. The molecule has 3 aromatic rings. The van der Waals surface area contributed by atoms with Crippen LogP contribution in [0.2, 0.25) is 5.02 Å². The molecule has 126 valence electrons. The number of benzene rings is 2. The Balaban J connectivity index is 1.88. The first-order chi connectivity index (χ1) is 12.1. The van der Waals surface area contributed by atoms with Crippen LogP contribution < -0.4 is 0 Å². The number of aromatic nitrogens is 2. The molecule has 4 rings (SSSR count). The number of halogens is 2. The highest BCUT2D eigenvalue weighted by molar-refractivity contribution is 6.30. The van der Waals surface area contributed by atoms with Gasteiger partial charge in [-0.15, -0.1) is 0 Å². The smallest absolute Gasteiger partial charge is 0.267 e. The van der Waals surface area contributed by atoms with Crippen molar-refractivity contribution in [3.63, 3.8) is 0 Å². The van der Waals surface area contributed by atoms with Crippen LogP contribution in [0.1, 0.15) is 34.5 Å². The Hall–Kier alpha value is -2.46. The molecule has 0 aliphatic heterocycles. The number of hydrogen-bond acceptors (Lipinski definition) is 2. The Kier molecular flexibility index (Phi) is 4.14. The van der Waals surface area contributed by atoms with Crippen molar-refractivity contribution in [1.82, 2.24) is 9.78 Å². The maximum Gasteiger partial charge on any atom is 0.278 e. The lowest BCUT2D eigenvalue weighted by atomic mass is 9.93. The number of hydrogen-bond donors (Lipinski definition) is 0. The number of rotatable bonds is 2. The topological polar surface area (TPSA) is 34.9 Å². The summed E-state index contributed by atoms with van der Waals surface area (Å²) in [6.45, 7) is 0. The van der Waals surface area contributed by atoms with Gasteiger partial charge in [-0.1, -0.05) is 23.7 Å². The van der Waals surface area contributed by atoms with Crippen LogP contribution >= 0.6 is 11.6 Å². The number of aryl methyl sites for hydroxylation is 1. The average Bonchev–Trinajstić information content (AvgIpc) is 3.01. The highest BCUT2D eigenvalue weighted by Gasteiger charge is 2.25. The minimum atomic E-state index is -0.325. The van der Waals surface area contributed by atoms with Crippen molar-refractivity contribution >= 4 is 17.5 Å². The minimum absolute atomic E-state index is 0.231. The molecule has 0 amide bonds. The van der Waals surface area contributed by atoms with E-state index in [0.29, 0.717) is 21.8 Å². The molecule has 0 saturated heterocycles. The van der Waals surface area contributed by atoms with Crippen LogP contribution in [0.15, 0.2) is 48.5 Å². The molecule has 1 aromatic heterocycles. The summed E-state index contributed by atoms with van der Waals surface area (Å²) in [6.07, 6.45) is 3.81. The summed E-state index contributed by atoms with van der Waals surface area (Å²) < 4.78 is 15.2. The van der Waals surface area contributed by atoms with Gasteiger partial charge in [0.05, 0.1) is 11.4 Å². The Morgan fingerprint density at radius 1 is 1.08 bits per heavy atom. The highest BCUT2D eigenvalue weighted by Crippen LogP contribution is 2.32. The summed E-state index contributed by atoms with van der Waals surface area (Å²) in [5.41, 5.74) is 3.88. The zero-order valence-corrected chi connectivity index (χ0v) is 14.3. The van der Waals surface area contributed by atoms with Crippen LogP contribution in [-0.2, 0) is 12.8 Å². The maximum absolute atomic E-state index is 13.8. The van der Waals surface area contributed by atoms with Crippen molar-refractivity contribution in [3.8, 4) is 11.3 Å². The summed E-state index contributed by atoms with van der Waals surface area (Å²) in [6, 6.07) is 13.1. The Morgan fingerprint density at radius 2 is 1.84 bits per heavy atom. The maximum atomic E-state index is 13.8. The second kappa shape index (κ2) is 6.45. The fourth-order valence-electron chi connectivity index (χ4n) is 3.35. The summed E-state index contributed by atoms with van der Waals surface area (Å²) in [4.78, 5) is 13.0. The second-order valence-electron chi connectivity index (χ2n) is 6.22. The lowest BCUT2D eigenvalue weighted by Crippen LogP contribution is -2.15. The lowest BCUT2D eigenvalue weighted by Gasteiger charge is -2.12.